The Morgan fingerprint density at radius 2 is 1.72 bits per heavy atom. The summed E-state index contributed by atoms with van der Waals surface area (Å²) in [5, 5.41) is -0.801. The van der Waals surface area contributed by atoms with E-state index in [0.717, 1.165) is 28.9 Å². The molecule has 16 heteroatoms. The zero-order valence-corrected chi connectivity index (χ0v) is 27.8. The van der Waals surface area contributed by atoms with Gasteiger partial charge in [0.25, 0.3) is 0 Å². The standard InChI is InChI=1S/C30H30Cl2F2N2O8S2/c1-40-23-8-6-19(12-26(23)41-2)46(38,39)36-9-10-45-28(36)29(37)43-25(13-20-21(31)14-35-15-22(20)32)18-5-7-24(44-30(33)34)27(11-18)42-16-17-3-4-17/h5-8,11-12,14-15,17,25,28,30H,3-4,9-10,13,16H2,1-2H3/t25-,28?/m0/s1. The summed E-state index contributed by atoms with van der Waals surface area (Å²) in [4.78, 5) is 17.7. The zero-order valence-electron chi connectivity index (χ0n) is 24.7. The van der Waals surface area contributed by atoms with Gasteiger partial charge in [0.1, 0.15) is 6.10 Å². The van der Waals surface area contributed by atoms with Crippen LogP contribution in [-0.4, -0.2) is 68.8 Å². The number of hydrogen-bond donors (Lipinski definition) is 0. The van der Waals surface area contributed by atoms with Gasteiger partial charge in [0.15, 0.2) is 28.4 Å². The molecule has 1 aromatic heterocycles. The van der Waals surface area contributed by atoms with Crippen molar-refractivity contribution < 1.29 is 45.7 Å². The highest BCUT2D eigenvalue weighted by Gasteiger charge is 2.42. The summed E-state index contributed by atoms with van der Waals surface area (Å²) in [6, 6.07) is 8.37. The van der Waals surface area contributed by atoms with E-state index in [1.807, 2.05) is 0 Å². The molecule has 46 heavy (non-hydrogen) atoms. The Labute approximate surface area is 279 Å². The Hall–Kier alpha value is -3.04. The minimum atomic E-state index is -4.18. The molecule has 2 atom stereocenters. The molecule has 1 aliphatic heterocycles. The Morgan fingerprint density at radius 3 is 2.37 bits per heavy atom. The summed E-state index contributed by atoms with van der Waals surface area (Å²) >= 11 is 13.9. The highest BCUT2D eigenvalue weighted by Crippen LogP contribution is 2.40. The van der Waals surface area contributed by atoms with Gasteiger partial charge < -0.3 is 23.7 Å². The van der Waals surface area contributed by atoms with E-state index >= 15 is 0 Å². The second kappa shape index (κ2) is 14.8. The SMILES string of the molecule is COc1ccc(S(=O)(=O)N2CCSC2C(=O)O[C@@H](Cc2c(Cl)cncc2Cl)c2ccc(OC(F)F)c(OCC3CC3)c2)cc1OC. The van der Waals surface area contributed by atoms with Crippen LogP contribution in [0, 0.1) is 5.92 Å². The van der Waals surface area contributed by atoms with Crippen LogP contribution in [0.25, 0.3) is 0 Å². The van der Waals surface area contributed by atoms with Crippen molar-refractivity contribution in [3.8, 4) is 23.0 Å². The van der Waals surface area contributed by atoms with Gasteiger partial charge in [0.2, 0.25) is 10.0 Å². The molecule has 1 unspecified atom stereocenters. The molecule has 1 saturated heterocycles. The van der Waals surface area contributed by atoms with E-state index in [9.17, 15) is 22.0 Å². The third-order valence-corrected chi connectivity index (χ3v) is 11.2. The van der Waals surface area contributed by atoms with E-state index < -0.39 is 34.1 Å². The number of ether oxygens (including phenoxy) is 5. The van der Waals surface area contributed by atoms with Crippen LogP contribution in [0.3, 0.4) is 0 Å². The van der Waals surface area contributed by atoms with Gasteiger partial charge in [-0.25, -0.2) is 13.2 Å². The van der Waals surface area contributed by atoms with Crippen LogP contribution in [-0.2, 0) is 26.0 Å². The number of hydrogen-bond acceptors (Lipinski definition) is 10. The molecule has 248 valence electrons. The smallest absolute Gasteiger partial charge is 0.387 e. The normalized spacial score (nSPS) is 17.5. The van der Waals surface area contributed by atoms with Crippen molar-refractivity contribution >= 4 is 51.0 Å². The predicted octanol–water partition coefficient (Wildman–Crippen LogP) is 6.39. The number of aromatic nitrogens is 1. The van der Waals surface area contributed by atoms with Crippen LogP contribution in [0.4, 0.5) is 8.78 Å². The Bertz CT molecular complexity index is 1660. The molecule has 1 aliphatic carbocycles. The number of nitrogens with zero attached hydrogens (tertiary/aromatic N) is 2. The average molecular weight is 720 g/mol. The van der Waals surface area contributed by atoms with Crippen LogP contribution in [0.5, 0.6) is 23.0 Å². The largest absolute Gasteiger partial charge is 0.493 e. The molecule has 0 bridgehead atoms. The maximum absolute atomic E-state index is 13.8. The first-order valence-corrected chi connectivity index (χ1v) is 17.3. The molecule has 0 amide bonds. The van der Waals surface area contributed by atoms with Crippen molar-refractivity contribution in [1.29, 1.82) is 0 Å². The minimum Gasteiger partial charge on any atom is -0.493 e. The van der Waals surface area contributed by atoms with Crippen LogP contribution >= 0.6 is 35.0 Å². The number of benzene rings is 2. The van der Waals surface area contributed by atoms with Gasteiger partial charge >= 0.3 is 12.6 Å². The van der Waals surface area contributed by atoms with Crippen molar-refractivity contribution in [3.05, 3.63) is 70.0 Å². The number of carbonyl (C=O) groups is 1. The summed E-state index contributed by atoms with van der Waals surface area (Å²) in [7, 11) is -1.36. The van der Waals surface area contributed by atoms with Crippen LogP contribution < -0.4 is 18.9 Å². The quantitative estimate of drug-likeness (QED) is 0.174. The molecule has 1 saturated carbocycles. The van der Waals surface area contributed by atoms with E-state index in [2.05, 4.69) is 9.72 Å². The van der Waals surface area contributed by atoms with Gasteiger partial charge in [-0.05, 0) is 54.2 Å². The molecule has 0 radical (unpaired) electrons. The molecular formula is C30H30Cl2F2N2O8S2. The molecule has 0 N–H and O–H groups in total. The van der Waals surface area contributed by atoms with E-state index in [-0.39, 0.29) is 45.2 Å². The lowest BCUT2D eigenvalue weighted by Gasteiger charge is -2.26. The van der Waals surface area contributed by atoms with Crippen molar-refractivity contribution in [2.75, 3.05) is 33.1 Å². The lowest BCUT2D eigenvalue weighted by Crippen LogP contribution is -2.40. The van der Waals surface area contributed by atoms with E-state index in [1.165, 1.54) is 63.0 Å². The zero-order chi connectivity index (χ0) is 33.0. The van der Waals surface area contributed by atoms with Gasteiger partial charge in [-0.3, -0.25) is 4.98 Å². The fourth-order valence-corrected chi connectivity index (χ4v) is 8.35. The number of thioether (sulfide) groups is 1. The van der Waals surface area contributed by atoms with Crippen molar-refractivity contribution in [1.82, 2.24) is 9.29 Å². The predicted molar refractivity (Wildman–Crippen MR) is 168 cm³/mol. The molecule has 3 aromatic rings. The van der Waals surface area contributed by atoms with E-state index in [1.54, 1.807) is 0 Å². The molecule has 2 fully saturated rings. The lowest BCUT2D eigenvalue weighted by molar-refractivity contribution is -0.150. The molecular weight excluding hydrogens is 689 g/mol. The molecule has 2 heterocycles. The van der Waals surface area contributed by atoms with Gasteiger partial charge in [-0.2, -0.15) is 13.1 Å². The summed E-state index contributed by atoms with van der Waals surface area (Å²) in [6.45, 7) is -2.74. The number of sulfonamides is 1. The maximum Gasteiger partial charge on any atom is 0.387 e. The highest BCUT2D eigenvalue weighted by atomic mass is 35.5. The fraction of sp³-hybridized carbons (Fsp3) is 0.400. The molecule has 10 nitrogen and oxygen atoms in total. The van der Waals surface area contributed by atoms with Crippen molar-refractivity contribution in [2.24, 2.45) is 5.92 Å². The number of alkyl halides is 2. The van der Waals surface area contributed by atoms with Gasteiger partial charge in [0.05, 0.1) is 35.8 Å². The van der Waals surface area contributed by atoms with Gasteiger partial charge in [-0.15, -0.1) is 11.8 Å². The first-order valence-electron chi connectivity index (χ1n) is 14.1. The summed E-state index contributed by atoms with van der Waals surface area (Å²) < 4.78 is 81.9. The van der Waals surface area contributed by atoms with Crippen molar-refractivity contribution in [3.63, 3.8) is 0 Å². The Kier molecular flexibility index (Phi) is 11.0. The summed E-state index contributed by atoms with van der Waals surface area (Å²) in [6.07, 6.45) is 3.58. The number of esters is 1. The number of carbonyl (C=O) groups excluding carboxylic acids is 1. The van der Waals surface area contributed by atoms with E-state index in [0.29, 0.717) is 35.2 Å². The molecule has 2 aromatic carbocycles. The van der Waals surface area contributed by atoms with Gasteiger partial charge in [-0.1, -0.05) is 29.3 Å². The number of methoxy groups -OCH3 is 2. The first-order chi connectivity index (χ1) is 22.0. The van der Waals surface area contributed by atoms with Crippen LogP contribution in [0.2, 0.25) is 10.0 Å². The van der Waals surface area contributed by atoms with E-state index in [4.69, 9.17) is 42.1 Å². The van der Waals surface area contributed by atoms with Crippen molar-refractivity contribution in [2.45, 2.75) is 42.2 Å². The number of halogens is 4. The average Bonchev–Trinajstić information content (AvgIpc) is 3.72. The third-order valence-electron chi connectivity index (χ3n) is 7.34. The number of rotatable bonds is 14. The summed E-state index contributed by atoms with van der Waals surface area (Å²) in [5.41, 5.74) is 0.778. The Balaban J connectivity index is 1.46. The summed E-state index contributed by atoms with van der Waals surface area (Å²) in [5.74, 6) is 0.219. The second-order valence-corrected chi connectivity index (χ2v) is 14.3. The molecule has 2 aliphatic rings. The third kappa shape index (κ3) is 7.91. The monoisotopic (exact) mass is 718 g/mol. The van der Waals surface area contributed by atoms with Gasteiger partial charge in [0, 0.05) is 37.2 Å². The number of pyridine rings is 1. The molecule has 0 spiro atoms. The minimum absolute atomic E-state index is 0.0388. The Morgan fingerprint density at radius 1 is 1.02 bits per heavy atom. The maximum atomic E-state index is 13.8. The topological polar surface area (TPSA) is 113 Å². The second-order valence-electron chi connectivity index (χ2n) is 10.4. The molecule has 5 rings (SSSR count). The first kappa shape index (κ1) is 34.3. The van der Waals surface area contributed by atoms with Crippen LogP contribution in [0.1, 0.15) is 30.1 Å². The highest BCUT2D eigenvalue weighted by molar-refractivity contribution is 8.02. The fourth-order valence-electron chi connectivity index (χ4n) is 4.77. The lowest BCUT2D eigenvalue weighted by atomic mass is 10.0. The van der Waals surface area contributed by atoms with Crippen LogP contribution in [0.15, 0.2) is 53.7 Å².